The Kier molecular flexibility index (Phi) is 4.41. The molecule has 0 aliphatic heterocycles. The number of carbonyl (C=O) groups is 1. The van der Waals surface area contributed by atoms with Gasteiger partial charge < -0.3 is 10.6 Å². The van der Waals surface area contributed by atoms with Gasteiger partial charge in [0.15, 0.2) is 0 Å². The van der Waals surface area contributed by atoms with E-state index in [0.717, 1.165) is 0 Å². The molecule has 0 aliphatic rings. The van der Waals surface area contributed by atoms with Gasteiger partial charge in [-0.2, -0.15) is 5.26 Å². The average Bonchev–Trinajstić information content (AvgIpc) is 2.26. The lowest BCUT2D eigenvalue weighted by Gasteiger charge is -2.13. The number of halogens is 2. The molecular weight excluding hydrogens is 249 g/mol. The van der Waals surface area contributed by atoms with Gasteiger partial charge in [-0.15, -0.1) is 0 Å². The molecule has 6 heteroatoms. The minimum absolute atomic E-state index is 0.343. The Balaban J connectivity index is 2.96. The van der Waals surface area contributed by atoms with Gasteiger partial charge in [0.05, 0.1) is 6.07 Å². The average molecular weight is 258 g/mol. The SMILES string of the molecule is CNC(=O)NC(C#N)c1ccc(Cl)cc1Cl. The topological polar surface area (TPSA) is 64.9 Å². The molecule has 2 N–H and O–H groups in total. The zero-order valence-electron chi connectivity index (χ0n) is 8.42. The number of carbonyl (C=O) groups excluding carboxylic acids is 1. The maximum Gasteiger partial charge on any atom is 0.315 e. The number of rotatable bonds is 2. The summed E-state index contributed by atoms with van der Waals surface area (Å²) in [7, 11) is 1.47. The molecule has 1 unspecified atom stereocenters. The van der Waals surface area contributed by atoms with E-state index in [4.69, 9.17) is 28.5 Å². The van der Waals surface area contributed by atoms with E-state index >= 15 is 0 Å². The number of benzene rings is 1. The first kappa shape index (κ1) is 12.6. The summed E-state index contributed by atoms with van der Waals surface area (Å²) in [6.07, 6.45) is 0. The fraction of sp³-hybridized carbons (Fsp3) is 0.200. The Morgan fingerprint density at radius 1 is 1.50 bits per heavy atom. The summed E-state index contributed by atoms with van der Waals surface area (Å²) in [5, 5.41) is 14.6. The molecule has 0 aliphatic carbocycles. The first-order valence-electron chi connectivity index (χ1n) is 4.41. The van der Waals surface area contributed by atoms with E-state index in [9.17, 15) is 4.79 Å². The fourth-order valence-electron chi connectivity index (χ4n) is 1.12. The first-order chi connectivity index (χ1) is 7.58. The predicted molar refractivity (Wildman–Crippen MR) is 62.4 cm³/mol. The molecule has 0 heterocycles. The van der Waals surface area contributed by atoms with Crippen molar-refractivity contribution >= 4 is 29.2 Å². The maximum atomic E-state index is 11.1. The van der Waals surface area contributed by atoms with Gasteiger partial charge in [-0.3, -0.25) is 0 Å². The molecule has 0 fully saturated rings. The highest BCUT2D eigenvalue weighted by atomic mass is 35.5. The first-order valence-corrected chi connectivity index (χ1v) is 5.17. The second-order valence-electron chi connectivity index (χ2n) is 2.95. The molecule has 0 aromatic heterocycles. The molecule has 4 nitrogen and oxygen atoms in total. The maximum absolute atomic E-state index is 11.1. The van der Waals surface area contributed by atoms with Gasteiger partial charge in [0.1, 0.15) is 6.04 Å². The van der Waals surface area contributed by atoms with Crippen LogP contribution in [0.4, 0.5) is 4.79 Å². The lowest BCUT2D eigenvalue weighted by molar-refractivity contribution is 0.241. The van der Waals surface area contributed by atoms with Crippen molar-refractivity contribution in [1.82, 2.24) is 10.6 Å². The van der Waals surface area contributed by atoms with Crippen molar-refractivity contribution in [1.29, 1.82) is 5.26 Å². The highest BCUT2D eigenvalue weighted by Gasteiger charge is 2.16. The Labute approximate surface area is 103 Å². The van der Waals surface area contributed by atoms with Gasteiger partial charge >= 0.3 is 6.03 Å². The van der Waals surface area contributed by atoms with Crippen molar-refractivity contribution < 1.29 is 4.79 Å². The Morgan fingerprint density at radius 2 is 2.19 bits per heavy atom. The standard InChI is InChI=1S/C10H9Cl2N3O/c1-14-10(16)15-9(5-13)7-3-2-6(11)4-8(7)12/h2-4,9H,1H3,(H2,14,15,16). The molecule has 0 saturated carbocycles. The summed E-state index contributed by atoms with van der Waals surface area (Å²) in [4.78, 5) is 11.1. The number of hydrogen-bond donors (Lipinski definition) is 2. The second kappa shape index (κ2) is 5.59. The number of nitriles is 1. The number of amides is 2. The minimum atomic E-state index is -0.801. The summed E-state index contributed by atoms with van der Waals surface area (Å²) >= 11 is 11.7. The quantitative estimate of drug-likeness (QED) is 0.855. The zero-order chi connectivity index (χ0) is 12.1. The molecule has 1 aromatic rings. The smallest absolute Gasteiger partial charge is 0.315 e. The highest BCUT2D eigenvalue weighted by molar-refractivity contribution is 6.35. The van der Waals surface area contributed by atoms with Crippen LogP contribution in [-0.4, -0.2) is 13.1 Å². The van der Waals surface area contributed by atoms with Crippen LogP contribution in [0.3, 0.4) is 0 Å². The monoisotopic (exact) mass is 257 g/mol. The molecule has 1 rings (SSSR count). The summed E-state index contributed by atoms with van der Waals surface area (Å²) in [5.41, 5.74) is 0.511. The van der Waals surface area contributed by atoms with Crippen molar-refractivity contribution in [2.24, 2.45) is 0 Å². The van der Waals surface area contributed by atoms with E-state index in [-0.39, 0.29) is 0 Å². The largest absolute Gasteiger partial charge is 0.341 e. The molecule has 2 amide bonds. The highest BCUT2D eigenvalue weighted by Crippen LogP contribution is 2.25. The lowest BCUT2D eigenvalue weighted by Crippen LogP contribution is -2.35. The molecule has 1 aromatic carbocycles. The van der Waals surface area contributed by atoms with Crippen molar-refractivity contribution in [3.8, 4) is 6.07 Å². The van der Waals surface area contributed by atoms with Crippen LogP contribution in [0.25, 0.3) is 0 Å². The van der Waals surface area contributed by atoms with E-state index in [1.807, 2.05) is 6.07 Å². The van der Waals surface area contributed by atoms with Crippen LogP contribution in [0, 0.1) is 11.3 Å². The third kappa shape index (κ3) is 3.02. The van der Waals surface area contributed by atoms with Crippen molar-refractivity contribution in [3.63, 3.8) is 0 Å². The number of urea groups is 1. The molecule has 0 spiro atoms. The predicted octanol–water partition coefficient (Wildman–Crippen LogP) is 2.49. The summed E-state index contributed by atoms with van der Waals surface area (Å²) < 4.78 is 0. The summed E-state index contributed by atoms with van der Waals surface area (Å²) in [6, 6.07) is 5.43. The van der Waals surface area contributed by atoms with Crippen molar-refractivity contribution in [2.75, 3.05) is 7.05 Å². The molecule has 1 atom stereocenters. The van der Waals surface area contributed by atoms with Crippen LogP contribution in [-0.2, 0) is 0 Å². The Morgan fingerprint density at radius 3 is 2.69 bits per heavy atom. The number of hydrogen-bond acceptors (Lipinski definition) is 2. The van der Waals surface area contributed by atoms with Gasteiger partial charge in [-0.1, -0.05) is 29.3 Å². The Bertz CT molecular complexity index is 442. The summed E-state index contributed by atoms with van der Waals surface area (Å²) in [6.45, 7) is 0. The molecule has 0 saturated heterocycles. The molecule has 84 valence electrons. The van der Waals surface area contributed by atoms with Crippen LogP contribution in [0.2, 0.25) is 10.0 Å². The van der Waals surface area contributed by atoms with Crippen LogP contribution < -0.4 is 10.6 Å². The van der Waals surface area contributed by atoms with E-state index in [2.05, 4.69) is 10.6 Å². The number of nitrogens with zero attached hydrogens (tertiary/aromatic N) is 1. The fourth-order valence-corrected chi connectivity index (χ4v) is 1.64. The van der Waals surface area contributed by atoms with Gasteiger partial charge in [0.2, 0.25) is 0 Å². The zero-order valence-corrected chi connectivity index (χ0v) is 9.93. The molecule has 0 bridgehead atoms. The van der Waals surface area contributed by atoms with Gasteiger partial charge in [0, 0.05) is 22.7 Å². The third-order valence-electron chi connectivity index (χ3n) is 1.91. The van der Waals surface area contributed by atoms with Gasteiger partial charge in [-0.05, 0) is 12.1 Å². The normalized spacial score (nSPS) is 11.4. The van der Waals surface area contributed by atoms with Crippen molar-refractivity contribution in [3.05, 3.63) is 33.8 Å². The second-order valence-corrected chi connectivity index (χ2v) is 3.80. The van der Waals surface area contributed by atoms with Gasteiger partial charge in [-0.25, -0.2) is 4.79 Å². The van der Waals surface area contributed by atoms with Crippen LogP contribution in [0.5, 0.6) is 0 Å². The summed E-state index contributed by atoms with van der Waals surface area (Å²) in [5.74, 6) is 0. The van der Waals surface area contributed by atoms with E-state index < -0.39 is 12.1 Å². The van der Waals surface area contributed by atoms with E-state index in [1.165, 1.54) is 13.1 Å². The Hall–Kier alpha value is -1.44. The van der Waals surface area contributed by atoms with Crippen molar-refractivity contribution in [2.45, 2.75) is 6.04 Å². The van der Waals surface area contributed by atoms with Crippen LogP contribution in [0.1, 0.15) is 11.6 Å². The number of nitrogens with one attached hydrogen (secondary N) is 2. The molecule has 16 heavy (non-hydrogen) atoms. The van der Waals surface area contributed by atoms with E-state index in [1.54, 1.807) is 12.1 Å². The lowest BCUT2D eigenvalue weighted by atomic mass is 10.1. The van der Waals surface area contributed by atoms with Crippen LogP contribution in [0.15, 0.2) is 18.2 Å². The minimum Gasteiger partial charge on any atom is -0.341 e. The molecule has 0 radical (unpaired) electrons. The third-order valence-corrected chi connectivity index (χ3v) is 2.47. The van der Waals surface area contributed by atoms with Crippen LogP contribution >= 0.6 is 23.2 Å². The molecular formula is C10H9Cl2N3O. The van der Waals surface area contributed by atoms with Gasteiger partial charge in [0.25, 0.3) is 0 Å². The van der Waals surface area contributed by atoms with E-state index in [0.29, 0.717) is 15.6 Å².